The van der Waals surface area contributed by atoms with Gasteiger partial charge in [0, 0.05) is 24.7 Å². The molecule has 3 heterocycles. The van der Waals surface area contributed by atoms with E-state index in [4.69, 9.17) is 4.74 Å². The first-order valence-corrected chi connectivity index (χ1v) is 5.13. The topological polar surface area (TPSA) is 67.0 Å². The number of hydrogen-bond acceptors (Lipinski definition) is 3. The van der Waals surface area contributed by atoms with Crippen molar-refractivity contribution >= 4 is 16.9 Å². The molecule has 1 amide bonds. The van der Waals surface area contributed by atoms with Crippen molar-refractivity contribution in [2.24, 2.45) is 0 Å². The lowest BCUT2D eigenvalue weighted by molar-refractivity contribution is 0.0947. The Hall–Kier alpha value is -2.04. The van der Waals surface area contributed by atoms with Crippen LogP contribution in [-0.4, -0.2) is 29.5 Å². The number of nitrogens with zero attached hydrogens (tertiary/aromatic N) is 1. The van der Waals surface area contributed by atoms with Gasteiger partial charge in [-0.2, -0.15) is 0 Å². The molecular formula is C11H11N3O2. The highest BCUT2D eigenvalue weighted by atomic mass is 16.5. The quantitative estimate of drug-likeness (QED) is 0.744. The molecule has 5 heteroatoms. The summed E-state index contributed by atoms with van der Waals surface area (Å²) in [5, 5.41) is 2.81. The van der Waals surface area contributed by atoms with E-state index in [1.165, 1.54) is 0 Å². The molecule has 5 nitrogen and oxygen atoms in total. The summed E-state index contributed by atoms with van der Waals surface area (Å²) >= 11 is 0. The molecule has 82 valence electrons. The zero-order chi connectivity index (χ0) is 11.1. The Morgan fingerprint density at radius 1 is 1.44 bits per heavy atom. The number of H-pyrrole nitrogens is 1. The third-order valence-electron chi connectivity index (χ3n) is 2.79. The van der Waals surface area contributed by atoms with Gasteiger partial charge >= 0.3 is 0 Å². The molecule has 0 unspecified atom stereocenters. The van der Waals surface area contributed by atoms with Gasteiger partial charge in [0.05, 0.1) is 18.2 Å². The number of ether oxygens (including phenoxy) is 1. The zero-order valence-electron chi connectivity index (χ0n) is 8.83. The average molecular weight is 217 g/mol. The largest absolute Gasteiger partial charge is 0.481 e. The number of amides is 1. The second kappa shape index (κ2) is 3.23. The number of carbonyl (C=O) groups is 1. The first kappa shape index (κ1) is 9.21. The van der Waals surface area contributed by atoms with E-state index in [0.717, 1.165) is 17.6 Å². The van der Waals surface area contributed by atoms with Crippen LogP contribution in [0.25, 0.3) is 11.0 Å². The Bertz CT molecular complexity index is 574. The van der Waals surface area contributed by atoms with Gasteiger partial charge < -0.3 is 15.0 Å². The summed E-state index contributed by atoms with van der Waals surface area (Å²) in [6.07, 6.45) is 0.819. The number of aromatic amines is 1. The minimum Gasteiger partial charge on any atom is -0.481 e. The van der Waals surface area contributed by atoms with Crippen molar-refractivity contribution < 1.29 is 9.53 Å². The minimum atomic E-state index is -0.0618. The van der Waals surface area contributed by atoms with E-state index < -0.39 is 0 Å². The molecule has 0 saturated carbocycles. The summed E-state index contributed by atoms with van der Waals surface area (Å²) in [6, 6.07) is 3.66. The number of methoxy groups -OCH3 is 1. The van der Waals surface area contributed by atoms with Crippen LogP contribution in [0.4, 0.5) is 0 Å². The van der Waals surface area contributed by atoms with Crippen molar-refractivity contribution in [2.45, 2.75) is 6.42 Å². The molecule has 2 aromatic heterocycles. The molecule has 1 aliphatic heterocycles. The van der Waals surface area contributed by atoms with Crippen LogP contribution in [-0.2, 0) is 6.42 Å². The van der Waals surface area contributed by atoms with Gasteiger partial charge in [-0.1, -0.05) is 0 Å². The first-order valence-electron chi connectivity index (χ1n) is 5.13. The predicted molar refractivity (Wildman–Crippen MR) is 58.7 cm³/mol. The normalized spacial score (nSPS) is 14.7. The van der Waals surface area contributed by atoms with Gasteiger partial charge in [0.2, 0.25) is 5.88 Å². The summed E-state index contributed by atoms with van der Waals surface area (Å²) in [4.78, 5) is 19.3. The van der Waals surface area contributed by atoms with Gasteiger partial charge in [0.25, 0.3) is 5.91 Å². The predicted octanol–water partition coefficient (Wildman–Crippen LogP) is 0.857. The van der Waals surface area contributed by atoms with Crippen LogP contribution in [0.1, 0.15) is 16.1 Å². The molecule has 16 heavy (non-hydrogen) atoms. The van der Waals surface area contributed by atoms with Crippen molar-refractivity contribution in [1.29, 1.82) is 0 Å². The molecule has 0 radical (unpaired) electrons. The van der Waals surface area contributed by atoms with Crippen molar-refractivity contribution in [3.63, 3.8) is 0 Å². The van der Waals surface area contributed by atoms with E-state index in [1.807, 2.05) is 6.07 Å². The van der Waals surface area contributed by atoms with Crippen LogP contribution in [0.3, 0.4) is 0 Å². The van der Waals surface area contributed by atoms with Gasteiger partial charge in [-0.25, -0.2) is 4.98 Å². The number of carbonyl (C=O) groups excluding carboxylic acids is 1. The molecule has 3 rings (SSSR count). The van der Waals surface area contributed by atoms with E-state index in [1.54, 1.807) is 13.2 Å². The van der Waals surface area contributed by atoms with Gasteiger partial charge in [-0.05, 0) is 6.07 Å². The fourth-order valence-corrected chi connectivity index (χ4v) is 2.04. The third kappa shape index (κ3) is 1.18. The van der Waals surface area contributed by atoms with Crippen LogP contribution in [0.5, 0.6) is 5.88 Å². The molecule has 2 N–H and O–H groups in total. The van der Waals surface area contributed by atoms with Crippen LogP contribution < -0.4 is 10.1 Å². The SMILES string of the molecule is COc1ccc2[nH]c3c(c2n1)C(=O)NCC3. The minimum absolute atomic E-state index is 0.0618. The monoisotopic (exact) mass is 217 g/mol. The van der Waals surface area contributed by atoms with Crippen molar-refractivity contribution in [1.82, 2.24) is 15.3 Å². The van der Waals surface area contributed by atoms with Gasteiger partial charge in [0.1, 0.15) is 5.52 Å². The Morgan fingerprint density at radius 3 is 3.12 bits per heavy atom. The number of fused-ring (bicyclic) bond motifs is 3. The van der Waals surface area contributed by atoms with Crippen LogP contribution in [0.15, 0.2) is 12.1 Å². The van der Waals surface area contributed by atoms with Crippen LogP contribution >= 0.6 is 0 Å². The molecular weight excluding hydrogens is 206 g/mol. The summed E-state index contributed by atoms with van der Waals surface area (Å²) in [5.74, 6) is 0.459. The van der Waals surface area contributed by atoms with E-state index in [0.29, 0.717) is 23.5 Å². The smallest absolute Gasteiger partial charge is 0.255 e. The molecule has 0 saturated heterocycles. The molecule has 0 fully saturated rings. The molecule has 2 aromatic rings. The summed E-state index contributed by atoms with van der Waals surface area (Å²) in [7, 11) is 1.56. The average Bonchev–Trinajstić information content (AvgIpc) is 2.67. The Morgan fingerprint density at radius 2 is 2.31 bits per heavy atom. The molecule has 0 bridgehead atoms. The van der Waals surface area contributed by atoms with Crippen LogP contribution in [0, 0.1) is 0 Å². The molecule has 0 aromatic carbocycles. The Labute approximate surface area is 91.8 Å². The highest BCUT2D eigenvalue weighted by molar-refractivity contribution is 6.07. The number of nitrogens with one attached hydrogen (secondary N) is 2. The second-order valence-electron chi connectivity index (χ2n) is 3.73. The van der Waals surface area contributed by atoms with Crippen molar-refractivity contribution in [3.8, 4) is 5.88 Å². The molecule has 0 spiro atoms. The van der Waals surface area contributed by atoms with E-state index in [-0.39, 0.29) is 5.91 Å². The third-order valence-corrected chi connectivity index (χ3v) is 2.79. The first-order chi connectivity index (χ1) is 7.79. The summed E-state index contributed by atoms with van der Waals surface area (Å²) in [6.45, 7) is 0.676. The number of rotatable bonds is 1. The lowest BCUT2D eigenvalue weighted by Crippen LogP contribution is -2.31. The van der Waals surface area contributed by atoms with Crippen molar-refractivity contribution in [3.05, 3.63) is 23.4 Å². The fraction of sp³-hybridized carbons (Fsp3) is 0.273. The van der Waals surface area contributed by atoms with Crippen LogP contribution in [0.2, 0.25) is 0 Å². The van der Waals surface area contributed by atoms with Gasteiger partial charge in [-0.15, -0.1) is 0 Å². The number of aromatic nitrogens is 2. The maximum atomic E-state index is 11.7. The Balaban J connectivity index is 2.31. The fourth-order valence-electron chi connectivity index (χ4n) is 2.04. The van der Waals surface area contributed by atoms with Crippen molar-refractivity contribution in [2.75, 3.05) is 13.7 Å². The van der Waals surface area contributed by atoms with E-state index in [2.05, 4.69) is 15.3 Å². The maximum Gasteiger partial charge on any atom is 0.255 e. The second-order valence-corrected chi connectivity index (χ2v) is 3.73. The number of hydrogen-bond donors (Lipinski definition) is 2. The Kier molecular flexibility index (Phi) is 1.86. The lowest BCUT2D eigenvalue weighted by atomic mass is 10.1. The van der Waals surface area contributed by atoms with Gasteiger partial charge in [0.15, 0.2) is 0 Å². The van der Waals surface area contributed by atoms with E-state index in [9.17, 15) is 4.79 Å². The summed E-state index contributed by atoms with van der Waals surface area (Å²) < 4.78 is 5.06. The standard InChI is InChI=1S/C11H11N3O2/c1-16-8-3-2-7-10(14-8)9-6(13-7)4-5-12-11(9)15/h2-3,13H,4-5H2,1H3,(H,12,15). The highest BCUT2D eigenvalue weighted by Crippen LogP contribution is 2.25. The molecule has 0 atom stereocenters. The van der Waals surface area contributed by atoms with Gasteiger partial charge in [-0.3, -0.25) is 4.79 Å². The van der Waals surface area contributed by atoms with E-state index >= 15 is 0 Å². The zero-order valence-corrected chi connectivity index (χ0v) is 8.83. The molecule has 1 aliphatic rings. The summed E-state index contributed by atoms with van der Waals surface area (Å²) in [5.41, 5.74) is 3.18. The highest BCUT2D eigenvalue weighted by Gasteiger charge is 2.23. The maximum absolute atomic E-state index is 11.7. The lowest BCUT2D eigenvalue weighted by Gasteiger charge is -2.11. The number of pyridine rings is 1. The molecule has 0 aliphatic carbocycles.